The molecule has 8 heteroatoms. The lowest BCUT2D eigenvalue weighted by atomic mass is 10.2. The van der Waals surface area contributed by atoms with Gasteiger partial charge in [0.25, 0.3) is 0 Å². The Labute approximate surface area is 138 Å². The molecule has 0 saturated carbocycles. The molecule has 2 rings (SSSR count). The first kappa shape index (κ1) is 17.2. The predicted octanol–water partition coefficient (Wildman–Crippen LogP) is 1.83. The zero-order valence-electron chi connectivity index (χ0n) is 12.3. The molecule has 22 heavy (non-hydrogen) atoms. The largest absolute Gasteiger partial charge is 0.357 e. The molecule has 0 aromatic heterocycles. The molecule has 1 aromatic carbocycles. The van der Waals surface area contributed by atoms with Gasteiger partial charge in [0.2, 0.25) is 0 Å². The van der Waals surface area contributed by atoms with E-state index in [4.69, 9.17) is 0 Å². The van der Waals surface area contributed by atoms with Gasteiger partial charge in [-0.1, -0.05) is 15.9 Å². The van der Waals surface area contributed by atoms with Gasteiger partial charge in [0, 0.05) is 17.1 Å². The van der Waals surface area contributed by atoms with Crippen molar-refractivity contribution in [3.8, 4) is 0 Å². The summed E-state index contributed by atoms with van der Waals surface area (Å²) in [5.41, 5.74) is 0.739. The number of hydrogen-bond acceptors (Lipinski definition) is 3. The van der Waals surface area contributed by atoms with E-state index in [1.54, 1.807) is 6.07 Å². The van der Waals surface area contributed by atoms with E-state index in [2.05, 4.69) is 31.6 Å². The Morgan fingerprint density at radius 1 is 1.45 bits per heavy atom. The topological polar surface area (TPSA) is 70.6 Å². The fourth-order valence-corrected chi connectivity index (χ4v) is 4.48. The molecule has 5 nitrogen and oxygen atoms in total. The molecular formula is C14H19BrFN3O2S. The summed E-state index contributed by atoms with van der Waals surface area (Å²) in [6.07, 6.45) is 0.582. The van der Waals surface area contributed by atoms with Crippen molar-refractivity contribution in [1.82, 2.24) is 10.6 Å². The molecule has 1 aliphatic rings. The van der Waals surface area contributed by atoms with Crippen molar-refractivity contribution in [2.75, 3.05) is 18.1 Å². The van der Waals surface area contributed by atoms with Crippen LogP contribution < -0.4 is 10.6 Å². The predicted molar refractivity (Wildman–Crippen MR) is 89.1 cm³/mol. The van der Waals surface area contributed by atoms with Crippen LogP contribution in [0.2, 0.25) is 0 Å². The summed E-state index contributed by atoms with van der Waals surface area (Å²) in [6, 6.07) is 4.50. The summed E-state index contributed by atoms with van der Waals surface area (Å²) in [7, 11) is -2.94. The maximum absolute atomic E-state index is 13.3. The number of nitrogens with zero attached hydrogens (tertiary/aromatic N) is 1. The van der Waals surface area contributed by atoms with Crippen LogP contribution in [-0.2, 0) is 16.4 Å². The molecule has 1 unspecified atom stereocenters. The highest BCUT2D eigenvalue weighted by Gasteiger charge is 2.28. The molecule has 1 heterocycles. The van der Waals surface area contributed by atoms with Gasteiger partial charge < -0.3 is 10.6 Å². The molecule has 122 valence electrons. The zero-order chi connectivity index (χ0) is 16.2. The first-order chi connectivity index (χ1) is 10.4. The fraction of sp³-hybridized carbons (Fsp3) is 0.500. The summed E-state index contributed by atoms with van der Waals surface area (Å²) in [6.45, 7) is 2.91. The maximum atomic E-state index is 13.3. The van der Waals surface area contributed by atoms with Gasteiger partial charge in [-0.15, -0.1) is 0 Å². The highest BCUT2D eigenvalue weighted by atomic mass is 79.9. The second-order valence-corrected chi connectivity index (χ2v) is 8.36. The number of rotatable bonds is 4. The van der Waals surface area contributed by atoms with Crippen LogP contribution in [0.1, 0.15) is 18.9 Å². The summed E-state index contributed by atoms with van der Waals surface area (Å²) in [4.78, 5) is 4.39. The molecule has 2 N–H and O–H groups in total. The summed E-state index contributed by atoms with van der Waals surface area (Å²) in [5.74, 6) is 0.563. The van der Waals surface area contributed by atoms with E-state index in [1.165, 1.54) is 12.1 Å². The Bertz CT molecular complexity index is 644. The Balaban J connectivity index is 2.03. The molecule has 0 radical (unpaired) electrons. The van der Waals surface area contributed by atoms with Gasteiger partial charge in [-0.3, -0.25) is 0 Å². The van der Waals surface area contributed by atoms with Gasteiger partial charge >= 0.3 is 0 Å². The number of benzene rings is 1. The second-order valence-electron chi connectivity index (χ2n) is 5.22. The summed E-state index contributed by atoms with van der Waals surface area (Å²) >= 11 is 3.25. The van der Waals surface area contributed by atoms with Gasteiger partial charge in [0.15, 0.2) is 15.8 Å². The lowest BCUT2D eigenvalue weighted by Gasteiger charge is -2.15. The molecular weight excluding hydrogens is 373 g/mol. The third-order valence-electron chi connectivity index (χ3n) is 3.26. The van der Waals surface area contributed by atoms with Crippen LogP contribution in [0.5, 0.6) is 0 Å². The van der Waals surface area contributed by atoms with Crippen molar-refractivity contribution in [3.63, 3.8) is 0 Å². The monoisotopic (exact) mass is 391 g/mol. The maximum Gasteiger partial charge on any atom is 0.191 e. The molecule has 0 spiro atoms. The van der Waals surface area contributed by atoms with Gasteiger partial charge in [-0.2, -0.15) is 0 Å². The van der Waals surface area contributed by atoms with Gasteiger partial charge in [-0.25, -0.2) is 17.8 Å². The Morgan fingerprint density at radius 3 is 2.82 bits per heavy atom. The van der Waals surface area contributed by atoms with Crippen molar-refractivity contribution in [1.29, 1.82) is 0 Å². The van der Waals surface area contributed by atoms with Crippen molar-refractivity contribution >= 4 is 31.7 Å². The minimum Gasteiger partial charge on any atom is -0.357 e. The van der Waals surface area contributed by atoms with E-state index in [1.807, 2.05) is 6.92 Å². The minimum absolute atomic E-state index is 0.123. The number of aliphatic imine (C=N–C) groups is 1. The molecule has 0 bridgehead atoms. The fourth-order valence-electron chi connectivity index (χ4n) is 2.29. The van der Waals surface area contributed by atoms with E-state index in [-0.39, 0.29) is 23.4 Å². The molecule has 1 fully saturated rings. The van der Waals surface area contributed by atoms with Crippen molar-refractivity contribution in [2.45, 2.75) is 25.9 Å². The number of hydrogen-bond donors (Lipinski definition) is 2. The van der Waals surface area contributed by atoms with E-state index in [0.29, 0.717) is 29.9 Å². The smallest absolute Gasteiger partial charge is 0.191 e. The SMILES string of the molecule is CCNC(=NCc1cc(F)cc(Br)c1)NC1CCS(=O)(=O)C1. The van der Waals surface area contributed by atoms with Crippen LogP contribution in [0, 0.1) is 5.82 Å². The summed E-state index contributed by atoms with van der Waals surface area (Å²) < 4.78 is 37.0. The standard InChI is InChI=1S/C14H19BrFN3O2S/c1-2-17-14(19-13-3-4-22(20,21)9-13)18-8-10-5-11(15)7-12(16)6-10/h5-7,13H,2-4,8-9H2,1H3,(H2,17,18,19). The van der Waals surface area contributed by atoms with E-state index in [9.17, 15) is 12.8 Å². The number of nitrogens with one attached hydrogen (secondary N) is 2. The van der Waals surface area contributed by atoms with Crippen molar-refractivity contribution < 1.29 is 12.8 Å². The van der Waals surface area contributed by atoms with Crippen LogP contribution in [0.25, 0.3) is 0 Å². The molecule has 0 aliphatic carbocycles. The third kappa shape index (κ3) is 5.24. The second kappa shape index (κ2) is 7.41. The van der Waals surface area contributed by atoms with Gasteiger partial charge in [0.05, 0.1) is 18.1 Å². The van der Waals surface area contributed by atoms with E-state index >= 15 is 0 Å². The summed E-state index contributed by atoms with van der Waals surface area (Å²) in [5, 5.41) is 6.20. The van der Waals surface area contributed by atoms with Crippen LogP contribution in [-0.4, -0.2) is 38.5 Å². The Kier molecular flexibility index (Phi) is 5.80. The number of guanidine groups is 1. The lowest BCUT2D eigenvalue weighted by molar-refractivity contribution is 0.599. The highest BCUT2D eigenvalue weighted by Crippen LogP contribution is 2.15. The van der Waals surface area contributed by atoms with Crippen LogP contribution in [0.3, 0.4) is 0 Å². The molecule has 0 amide bonds. The van der Waals surface area contributed by atoms with Crippen LogP contribution >= 0.6 is 15.9 Å². The number of sulfone groups is 1. The first-order valence-corrected chi connectivity index (χ1v) is 9.69. The molecule has 1 aliphatic heterocycles. The average molecular weight is 392 g/mol. The van der Waals surface area contributed by atoms with Gasteiger partial charge in [0.1, 0.15) is 5.82 Å². The van der Waals surface area contributed by atoms with Gasteiger partial charge in [-0.05, 0) is 37.1 Å². The highest BCUT2D eigenvalue weighted by molar-refractivity contribution is 9.10. The Hall–Kier alpha value is -1.15. The lowest BCUT2D eigenvalue weighted by Crippen LogP contribution is -2.44. The van der Waals surface area contributed by atoms with Crippen LogP contribution in [0.15, 0.2) is 27.7 Å². The quantitative estimate of drug-likeness (QED) is 0.606. The molecule has 1 saturated heterocycles. The minimum atomic E-state index is -2.94. The first-order valence-electron chi connectivity index (χ1n) is 7.08. The van der Waals surface area contributed by atoms with E-state index in [0.717, 1.165) is 5.56 Å². The van der Waals surface area contributed by atoms with Crippen molar-refractivity contribution in [2.24, 2.45) is 4.99 Å². The number of halogens is 2. The molecule has 1 atom stereocenters. The van der Waals surface area contributed by atoms with Crippen molar-refractivity contribution in [3.05, 3.63) is 34.1 Å². The Morgan fingerprint density at radius 2 is 2.23 bits per heavy atom. The average Bonchev–Trinajstić information content (AvgIpc) is 2.74. The normalized spacial score (nSPS) is 20.9. The zero-order valence-corrected chi connectivity index (χ0v) is 14.7. The molecule has 1 aromatic rings. The van der Waals surface area contributed by atoms with Crippen LogP contribution in [0.4, 0.5) is 4.39 Å². The van der Waals surface area contributed by atoms with E-state index < -0.39 is 9.84 Å². The third-order valence-corrected chi connectivity index (χ3v) is 5.49.